The quantitative estimate of drug-likeness (QED) is 0.210. The molecule has 3 aromatic carbocycles. The lowest BCUT2D eigenvalue weighted by molar-refractivity contribution is 0.249. The van der Waals surface area contributed by atoms with Crippen LogP contribution in [0, 0.1) is 11.3 Å². The van der Waals surface area contributed by atoms with Gasteiger partial charge in [-0.3, -0.25) is 4.90 Å². The molecular weight excluding hydrogens is 554 g/mol. The van der Waals surface area contributed by atoms with Crippen LogP contribution in [0.25, 0.3) is 0 Å². The van der Waals surface area contributed by atoms with E-state index in [2.05, 4.69) is 51.2 Å². The molecule has 1 aliphatic rings. The second-order valence-corrected chi connectivity index (χ2v) is 10.9. The first kappa shape index (κ1) is 24.7. The number of benzene rings is 3. The van der Waals surface area contributed by atoms with Crippen molar-refractivity contribution in [1.82, 2.24) is 4.90 Å². The number of hydrogen-bond donors (Lipinski definition) is 0. The Bertz CT molecular complexity index is 1440. The fourth-order valence-electron chi connectivity index (χ4n) is 4.24. The summed E-state index contributed by atoms with van der Waals surface area (Å²) >= 11 is 11.5. The van der Waals surface area contributed by atoms with E-state index in [0.717, 1.165) is 58.0 Å². The number of halogens is 2. The van der Waals surface area contributed by atoms with Crippen molar-refractivity contribution in [3.05, 3.63) is 115 Å². The molecule has 5 rings (SSSR count). The summed E-state index contributed by atoms with van der Waals surface area (Å²) in [6.07, 6.45) is 2.68. The monoisotopic (exact) mass is 575 g/mol. The molecule has 0 radical (unpaired) electrons. The zero-order chi connectivity index (χ0) is 24.9. The maximum atomic E-state index is 9.85. The predicted molar refractivity (Wildman–Crippen MR) is 150 cm³/mol. The van der Waals surface area contributed by atoms with Crippen LogP contribution in [0.15, 0.2) is 82.3 Å². The molecule has 0 amide bonds. The van der Waals surface area contributed by atoms with Gasteiger partial charge in [-0.25, -0.2) is 4.99 Å². The topological polar surface area (TPSA) is 48.6 Å². The van der Waals surface area contributed by atoms with E-state index in [4.69, 9.17) is 21.3 Å². The van der Waals surface area contributed by atoms with Gasteiger partial charge in [0.25, 0.3) is 0 Å². The third-order valence-electron chi connectivity index (χ3n) is 6.11. The summed E-state index contributed by atoms with van der Waals surface area (Å²) in [7, 11) is 0. The van der Waals surface area contributed by atoms with Crippen LogP contribution in [0.4, 0.5) is 5.00 Å². The van der Waals surface area contributed by atoms with Crippen LogP contribution < -0.4 is 4.74 Å². The summed E-state index contributed by atoms with van der Waals surface area (Å²) in [5.74, 6) is 0.731. The second kappa shape index (κ2) is 11.4. The smallest absolute Gasteiger partial charge is 0.134 e. The molecule has 36 heavy (non-hydrogen) atoms. The molecule has 4 nitrogen and oxygen atoms in total. The van der Waals surface area contributed by atoms with Crippen molar-refractivity contribution in [2.24, 2.45) is 4.99 Å². The first-order valence-electron chi connectivity index (χ1n) is 11.6. The minimum Gasteiger partial charge on any atom is -0.488 e. The predicted octanol–water partition coefficient (Wildman–Crippen LogP) is 7.92. The normalized spacial score (nSPS) is 13.5. The molecule has 0 unspecified atom stereocenters. The summed E-state index contributed by atoms with van der Waals surface area (Å²) in [5.41, 5.74) is 5.03. The van der Waals surface area contributed by atoms with Crippen molar-refractivity contribution >= 4 is 50.1 Å². The summed E-state index contributed by atoms with van der Waals surface area (Å²) in [4.78, 5) is 8.38. The Morgan fingerprint density at radius 1 is 1.11 bits per heavy atom. The largest absolute Gasteiger partial charge is 0.488 e. The molecule has 1 aliphatic heterocycles. The molecule has 0 spiro atoms. The van der Waals surface area contributed by atoms with E-state index in [0.29, 0.717) is 17.2 Å². The second-order valence-electron chi connectivity index (χ2n) is 8.57. The standard InChI is InChI=1S/C29H23BrClN3OS/c30-25-14-21(10-11-27(25)35-19-22-8-4-5-9-26(22)31)16-33-29-24(15-32)23-12-13-34(18-28(23)36-29)17-20-6-2-1-3-7-20/h1-11,14,16H,12-13,17-19H2. The number of rotatable bonds is 7. The van der Waals surface area contributed by atoms with Crippen molar-refractivity contribution in [2.45, 2.75) is 26.1 Å². The molecule has 0 fully saturated rings. The zero-order valence-electron chi connectivity index (χ0n) is 19.5. The van der Waals surface area contributed by atoms with E-state index in [1.165, 1.54) is 10.4 Å². The van der Waals surface area contributed by atoms with Gasteiger partial charge in [0.1, 0.15) is 23.4 Å². The molecule has 2 heterocycles. The molecule has 7 heteroatoms. The molecule has 1 aromatic heterocycles. The maximum absolute atomic E-state index is 9.85. The van der Waals surface area contributed by atoms with Gasteiger partial charge >= 0.3 is 0 Å². The van der Waals surface area contributed by atoms with Gasteiger partial charge in [-0.2, -0.15) is 5.26 Å². The van der Waals surface area contributed by atoms with Crippen LogP contribution in [-0.2, 0) is 26.1 Å². The van der Waals surface area contributed by atoms with Gasteiger partial charge in [0.15, 0.2) is 0 Å². The molecular formula is C29H23BrClN3OS. The third kappa shape index (κ3) is 5.71. The number of ether oxygens (including phenoxy) is 1. The molecule has 0 atom stereocenters. The molecule has 0 N–H and O–H groups in total. The Labute approximate surface area is 228 Å². The van der Waals surface area contributed by atoms with Gasteiger partial charge in [0, 0.05) is 41.3 Å². The number of nitrogens with zero attached hydrogens (tertiary/aromatic N) is 3. The summed E-state index contributed by atoms with van der Waals surface area (Å²) < 4.78 is 6.78. The number of nitriles is 1. The van der Waals surface area contributed by atoms with Crippen molar-refractivity contribution in [3.63, 3.8) is 0 Å². The van der Waals surface area contributed by atoms with E-state index in [1.54, 1.807) is 11.3 Å². The van der Waals surface area contributed by atoms with Gasteiger partial charge in [-0.15, -0.1) is 11.3 Å². The van der Waals surface area contributed by atoms with Crippen LogP contribution >= 0.6 is 38.9 Å². The van der Waals surface area contributed by atoms with Crippen molar-refractivity contribution in [2.75, 3.05) is 6.54 Å². The zero-order valence-corrected chi connectivity index (χ0v) is 22.6. The Kier molecular flexibility index (Phi) is 7.84. The Hall–Kier alpha value is -2.95. The highest BCUT2D eigenvalue weighted by atomic mass is 79.9. The van der Waals surface area contributed by atoms with E-state index < -0.39 is 0 Å². The highest BCUT2D eigenvalue weighted by Crippen LogP contribution is 2.39. The Morgan fingerprint density at radius 2 is 1.92 bits per heavy atom. The summed E-state index contributed by atoms with van der Waals surface area (Å²) in [6.45, 7) is 3.10. The average molecular weight is 577 g/mol. The fraction of sp³-hybridized carbons (Fsp3) is 0.172. The van der Waals surface area contributed by atoms with Gasteiger partial charge in [-0.05, 0) is 63.3 Å². The average Bonchev–Trinajstić information content (AvgIpc) is 3.25. The lowest BCUT2D eigenvalue weighted by Crippen LogP contribution is -2.29. The van der Waals surface area contributed by atoms with Crippen LogP contribution in [0.2, 0.25) is 5.02 Å². The van der Waals surface area contributed by atoms with E-state index in [-0.39, 0.29) is 0 Å². The van der Waals surface area contributed by atoms with Gasteiger partial charge < -0.3 is 4.74 Å². The van der Waals surface area contributed by atoms with Crippen molar-refractivity contribution in [1.29, 1.82) is 5.26 Å². The van der Waals surface area contributed by atoms with Crippen LogP contribution in [-0.4, -0.2) is 17.7 Å². The molecule has 0 aliphatic carbocycles. The van der Waals surface area contributed by atoms with Gasteiger partial charge in [0.05, 0.1) is 10.0 Å². The minimum atomic E-state index is 0.388. The SMILES string of the molecule is N#Cc1c(N=Cc2ccc(OCc3ccccc3Cl)c(Br)c2)sc2c1CCN(Cc1ccccc1)C2. The van der Waals surface area contributed by atoms with E-state index >= 15 is 0 Å². The molecule has 4 aromatic rings. The lowest BCUT2D eigenvalue weighted by Gasteiger charge is -2.26. The fourth-order valence-corrected chi connectivity index (χ4v) is 6.13. The van der Waals surface area contributed by atoms with Crippen LogP contribution in [0.1, 0.15) is 32.7 Å². The summed E-state index contributed by atoms with van der Waals surface area (Å²) in [6, 6.07) is 26.4. The third-order valence-corrected chi connectivity index (χ3v) is 8.22. The van der Waals surface area contributed by atoms with Gasteiger partial charge in [0.2, 0.25) is 0 Å². The molecule has 0 saturated carbocycles. The highest BCUT2D eigenvalue weighted by molar-refractivity contribution is 9.10. The van der Waals surface area contributed by atoms with Crippen LogP contribution in [0.3, 0.4) is 0 Å². The maximum Gasteiger partial charge on any atom is 0.134 e. The summed E-state index contributed by atoms with van der Waals surface area (Å²) in [5, 5.41) is 11.3. The lowest BCUT2D eigenvalue weighted by atomic mass is 10.0. The van der Waals surface area contributed by atoms with Crippen LogP contribution in [0.5, 0.6) is 5.75 Å². The van der Waals surface area contributed by atoms with Crippen molar-refractivity contribution < 1.29 is 4.74 Å². The number of hydrogen-bond acceptors (Lipinski definition) is 5. The molecule has 0 saturated heterocycles. The minimum absolute atomic E-state index is 0.388. The number of fused-ring (bicyclic) bond motifs is 1. The molecule has 0 bridgehead atoms. The number of aliphatic imine (C=N–C) groups is 1. The Balaban J connectivity index is 1.28. The van der Waals surface area contributed by atoms with Gasteiger partial charge in [-0.1, -0.05) is 60.1 Å². The first-order chi connectivity index (χ1) is 17.6. The molecule has 180 valence electrons. The van der Waals surface area contributed by atoms with E-state index in [9.17, 15) is 5.26 Å². The number of thiophene rings is 1. The van der Waals surface area contributed by atoms with Crippen molar-refractivity contribution in [3.8, 4) is 11.8 Å². The first-order valence-corrected chi connectivity index (χ1v) is 13.6. The Morgan fingerprint density at radius 3 is 2.69 bits per heavy atom. The van der Waals surface area contributed by atoms with E-state index in [1.807, 2.05) is 54.7 Å². The highest BCUT2D eigenvalue weighted by Gasteiger charge is 2.24.